The molecule has 1 amide bonds. The van der Waals surface area contributed by atoms with Crippen LogP contribution in [-0.4, -0.2) is 35.7 Å². The third kappa shape index (κ3) is 3.73. The molecular weight excluding hydrogens is 330 g/mol. The fraction of sp³-hybridized carbons (Fsp3) is 0.353. The predicted octanol–water partition coefficient (Wildman–Crippen LogP) is 2.42. The van der Waals surface area contributed by atoms with Gasteiger partial charge < -0.3 is 14.1 Å². The van der Waals surface area contributed by atoms with Crippen LogP contribution in [0.2, 0.25) is 0 Å². The van der Waals surface area contributed by atoms with Gasteiger partial charge in [0.05, 0.1) is 23.6 Å². The summed E-state index contributed by atoms with van der Waals surface area (Å²) in [6.07, 6.45) is 1.64. The molecule has 0 N–H and O–H groups in total. The van der Waals surface area contributed by atoms with E-state index in [0.29, 0.717) is 17.2 Å². The lowest BCUT2D eigenvalue weighted by Crippen LogP contribution is -2.26. The van der Waals surface area contributed by atoms with Crippen molar-refractivity contribution < 1.29 is 23.5 Å². The van der Waals surface area contributed by atoms with Crippen molar-refractivity contribution in [2.45, 2.75) is 19.9 Å². The summed E-state index contributed by atoms with van der Waals surface area (Å²) in [6.45, 7) is 2.24. The summed E-state index contributed by atoms with van der Waals surface area (Å²) in [6, 6.07) is 7.10. The van der Waals surface area contributed by atoms with Crippen molar-refractivity contribution in [3.8, 4) is 0 Å². The second kappa shape index (κ2) is 7.00. The van der Waals surface area contributed by atoms with Gasteiger partial charge in [0.1, 0.15) is 5.76 Å². The van der Waals surface area contributed by atoms with Crippen LogP contribution >= 0.6 is 11.3 Å². The van der Waals surface area contributed by atoms with Gasteiger partial charge in [-0.25, -0.2) is 0 Å². The highest BCUT2D eigenvalue weighted by Gasteiger charge is 2.35. The SMILES string of the molecule is Cc1ccc(C(=O)COC(=O)C2CC(=O)N(Cc3ccco3)C2)s1. The molecule has 1 unspecified atom stereocenters. The molecule has 0 bridgehead atoms. The Labute approximate surface area is 143 Å². The van der Waals surface area contributed by atoms with Crippen molar-refractivity contribution in [1.82, 2.24) is 4.90 Å². The second-order valence-corrected chi connectivity index (χ2v) is 6.98. The molecule has 1 saturated heterocycles. The maximum atomic E-state index is 12.1. The summed E-state index contributed by atoms with van der Waals surface area (Å²) in [5.41, 5.74) is 0. The summed E-state index contributed by atoms with van der Waals surface area (Å²) in [5, 5.41) is 0. The van der Waals surface area contributed by atoms with Crippen molar-refractivity contribution in [2.24, 2.45) is 5.92 Å². The van der Waals surface area contributed by atoms with E-state index in [2.05, 4.69) is 0 Å². The number of furan rings is 1. The van der Waals surface area contributed by atoms with Gasteiger partial charge in [-0.1, -0.05) is 0 Å². The number of ketones is 1. The first-order chi connectivity index (χ1) is 11.5. The molecule has 0 spiro atoms. The number of ether oxygens (including phenoxy) is 1. The number of thiophene rings is 1. The zero-order valence-electron chi connectivity index (χ0n) is 13.2. The van der Waals surface area contributed by atoms with E-state index in [1.807, 2.05) is 13.0 Å². The first-order valence-corrected chi connectivity index (χ1v) is 8.41. The average molecular weight is 347 g/mol. The molecule has 1 aliphatic heterocycles. The maximum absolute atomic E-state index is 12.1. The zero-order chi connectivity index (χ0) is 17.1. The predicted molar refractivity (Wildman–Crippen MR) is 86.6 cm³/mol. The second-order valence-electron chi connectivity index (χ2n) is 5.70. The Morgan fingerprint density at radius 2 is 2.21 bits per heavy atom. The molecule has 126 valence electrons. The van der Waals surface area contributed by atoms with Crippen molar-refractivity contribution in [3.63, 3.8) is 0 Å². The van der Waals surface area contributed by atoms with Crippen LogP contribution in [0.5, 0.6) is 0 Å². The number of nitrogens with zero attached hydrogens (tertiary/aromatic N) is 1. The summed E-state index contributed by atoms with van der Waals surface area (Å²) in [5.74, 6) is -0.718. The van der Waals surface area contributed by atoms with Crippen molar-refractivity contribution in [2.75, 3.05) is 13.2 Å². The van der Waals surface area contributed by atoms with Gasteiger partial charge in [0.15, 0.2) is 6.61 Å². The topological polar surface area (TPSA) is 76.8 Å². The molecule has 1 fully saturated rings. The lowest BCUT2D eigenvalue weighted by molar-refractivity contribution is -0.147. The number of aryl methyl sites for hydroxylation is 1. The number of Topliss-reactive ketones (excluding diaryl/α,β-unsaturated/α-hetero) is 1. The van der Waals surface area contributed by atoms with Gasteiger partial charge in [-0.15, -0.1) is 11.3 Å². The van der Waals surface area contributed by atoms with E-state index in [-0.39, 0.29) is 31.3 Å². The quantitative estimate of drug-likeness (QED) is 0.592. The van der Waals surface area contributed by atoms with E-state index in [1.165, 1.54) is 11.3 Å². The van der Waals surface area contributed by atoms with Crippen molar-refractivity contribution >= 4 is 29.0 Å². The average Bonchev–Trinajstić information content (AvgIpc) is 3.28. The number of amides is 1. The summed E-state index contributed by atoms with van der Waals surface area (Å²) < 4.78 is 10.3. The van der Waals surface area contributed by atoms with Gasteiger partial charge in [-0.2, -0.15) is 0 Å². The Balaban J connectivity index is 1.50. The molecule has 0 saturated carbocycles. The highest BCUT2D eigenvalue weighted by atomic mass is 32.1. The molecule has 24 heavy (non-hydrogen) atoms. The van der Waals surface area contributed by atoms with Crippen LogP contribution in [0, 0.1) is 12.8 Å². The first-order valence-electron chi connectivity index (χ1n) is 7.59. The molecule has 6 nitrogen and oxygen atoms in total. The van der Waals surface area contributed by atoms with Gasteiger partial charge in [-0.3, -0.25) is 14.4 Å². The molecule has 7 heteroatoms. The largest absolute Gasteiger partial charge is 0.467 e. The number of carbonyl (C=O) groups is 3. The molecule has 2 aromatic heterocycles. The van der Waals surface area contributed by atoms with Gasteiger partial charge >= 0.3 is 5.97 Å². The van der Waals surface area contributed by atoms with Crippen molar-refractivity contribution in [1.29, 1.82) is 0 Å². The van der Waals surface area contributed by atoms with Crippen LogP contribution in [0.4, 0.5) is 0 Å². The number of likely N-dealkylation sites (tertiary alicyclic amines) is 1. The Hall–Kier alpha value is -2.41. The van der Waals surface area contributed by atoms with Gasteiger partial charge in [-0.05, 0) is 31.2 Å². The smallest absolute Gasteiger partial charge is 0.311 e. The van der Waals surface area contributed by atoms with Gasteiger partial charge in [0, 0.05) is 17.8 Å². The monoisotopic (exact) mass is 347 g/mol. The highest BCUT2D eigenvalue weighted by Crippen LogP contribution is 2.22. The van der Waals surface area contributed by atoms with E-state index in [1.54, 1.807) is 29.4 Å². The lowest BCUT2D eigenvalue weighted by atomic mass is 10.1. The Bertz CT molecular complexity index is 749. The summed E-state index contributed by atoms with van der Waals surface area (Å²) >= 11 is 1.37. The normalized spacial score (nSPS) is 17.3. The Morgan fingerprint density at radius 3 is 2.88 bits per heavy atom. The maximum Gasteiger partial charge on any atom is 0.311 e. The molecule has 0 aliphatic carbocycles. The Kier molecular flexibility index (Phi) is 4.80. The molecule has 2 aromatic rings. The van der Waals surface area contributed by atoms with E-state index in [9.17, 15) is 14.4 Å². The number of carbonyl (C=O) groups excluding carboxylic acids is 3. The van der Waals surface area contributed by atoms with Gasteiger partial charge in [0.2, 0.25) is 11.7 Å². The Morgan fingerprint density at radius 1 is 1.38 bits per heavy atom. The molecule has 1 atom stereocenters. The fourth-order valence-electron chi connectivity index (χ4n) is 2.58. The van der Waals surface area contributed by atoms with E-state index >= 15 is 0 Å². The highest BCUT2D eigenvalue weighted by molar-refractivity contribution is 7.14. The third-order valence-electron chi connectivity index (χ3n) is 3.84. The van der Waals surface area contributed by atoms with Crippen LogP contribution in [0.15, 0.2) is 34.9 Å². The number of rotatable bonds is 6. The molecule has 1 aliphatic rings. The lowest BCUT2D eigenvalue weighted by Gasteiger charge is -2.14. The summed E-state index contributed by atoms with van der Waals surface area (Å²) in [7, 11) is 0. The molecule has 3 heterocycles. The number of hydrogen-bond acceptors (Lipinski definition) is 6. The minimum absolute atomic E-state index is 0.103. The molecule has 0 aromatic carbocycles. The third-order valence-corrected chi connectivity index (χ3v) is 4.88. The van der Waals surface area contributed by atoms with Gasteiger partial charge in [0.25, 0.3) is 0 Å². The fourth-order valence-corrected chi connectivity index (χ4v) is 3.38. The standard InChI is InChI=1S/C17H17NO5S/c1-11-4-5-15(24-11)14(19)10-23-17(21)12-7-16(20)18(8-12)9-13-3-2-6-22-13/h2-6,12H,7-10H2,1H3. The number of esters is 1. The summed E-state index contributed by atoms with van der Waals surface area (Å²) in [4.78, 5) is 39.2. The van der Waals surface area contributed by atoms with Crippen LogP contribution < -0.4 is 0 Å². The molecule has 0 radical (unpaired) electrons. The van der Waals surface area contributed by atoms with Crippen molar-refractivity contribution in [3.05, 3.63) is 46.0 Å². The molecular formula is C17H17NO5S. The zero-order valence-corrected chi connectivity index (χ0v) is 14.0. The van der Waals surface area contributed by atoms with E-state index in [0.717, 1.165) is 4.88 Å². The van der Waals surface area contributed by atoms with E-state index in [4.69, 9.17) is 9.15 Å². The van der Waals surface area contributed by atoms with Crippen LogP contribution in [-0.2, 0) is 20.9 Å². The number of hydrogen-bond donors (Lipinski definition) is 0. The van der Waals surface area contributed by atoms with Crippen LogP contribution in [0.3, 0.4) is 0 Å². The molecule has 3 rings (SSSR count). The minimum Gasteiger partial charge on any atom is -0.467 e. The van der Waals surface area contributed by atoms with Crippen LogP contribution in [0.25, 0.3) is 0 Å². The van der Waals surface area contributed by atoms with Crippen LogP contribution in [0.1, 0.15) is 26.7 Å². The first kappa shape index (κ1) is 16.4. The minimum atomic E-state index is -0.537. The van der Waals surface area contributed by atoms with E-state index < -0.39 is 11.9 Å².